The molecule has 2 aromatic carbocycles. The van der Waals surface area contributed by atoms with Gasteiger partial charge in [-0.3, -0.25) is 10.1 Å². The number of benzene rings is 2. The average Bonchev–Trinajstić information content (AvgIpc) is 2.62. The van der Waals surface area contributed by atoms with E-state index >= 15 is 0 Å². The molecule has 0 aliphatic rings. The Morgan fingerprint density at radius 3 is 2.36 bits per heavy atom. The van der Waals surface area contributed by atoms with Crippen molar-refractivity contribution in [3.63, 3.8) is 0 Å². The molecule has 7 heteroatoms. The molecule has 1 amide bonds. The molecule has 0 unspecified atom stereocenters. The summed E-state index contributed by atoms with van der Waals surface area (Å²) in [6, 6.07) is 12.6. The van der Waals surface area contributed by atoms with Crippen LogP contribution in [0.4, 0.5) is 5.69 Å². The molecule has 150 valence electrons. The van der Waals surface area contributed by atoms with Crippen molar-refractivity contribution in [2.75, 3.05) is 11.9 Å². The summed E-state index contributed by atoms with van der Waals surface area (Å²) < 4.78 is 12.0. The van der Waals surface area contributed by atoms with Crippen molar-refractivity contribution in [1.29, 1.82) is 0 Å². The summed E-state index contributed by atoms with van der Waals surface area (Å²) >= 11 is 8.66. The molecular weight excluding hydrogens is 440 g/mol. The molecule has 0 radical (unpaired) electrons. The van der Waals surface area contributed by atoms with Gasteiger partial charge in [0.25, 0.3) is 5.91 Å². The summed E-state index contributed by atoms with van der Waals surface area (Å²) in [7, 11) is 0. The van der Waals surface area contributed by atoms with Gasteiger partial charge in [0.15, 0.2) is 5.11 Å². The Balaban J connectivity index is 1.92. The molecule has 0 saturated carbocycles. The lowest BCUT2D eigenvalue weighted by Gasteiger charge is -2.13. The molecule has 2 rings (SSSR count). The molecule has 0 spiro atoms. The van der Waals surface area contributed by atoms with Gasteiger partial charge in [-0.1, -0.05) is 13.8 Å². The van der Waals surface area contributed by atoms with Gasteiger partial charge in [-0.15, -0.1) is 0 Å². The molecule has 0 aliphatic heterocycles. The van der Waals surface area contributed by atoms with E-state index in [0.29, 0.717) is 28.3 Å². The van der Waals surface area contributed by atoms with E-state index in [0.717, 1.165) is 11.4 Å². The van der Waals surface area contributed by atoms with Crippen molar-refractivity contribution in [3.8, 4) is 11.5 Å². The number of carbonyl (C=O) groups is 1. The number of amides is 1. The number of ether oxygens (including phenoxy) is 2. The first kappa shape index (κ1) is 22.2. The highest BCUT2D eigenvalue weighted by molar-refractivity contribution is 9.10. The zero-order valence-electron chi connectivity index (χ0n) is 16.4. The normalized spacial score (nSPS) is 10.7. The summed E-state index contributed by atoms with van der Waals surface area (Å²) in [5.41, 5.74) is 1.24. The number of thiocarbonyl (C=S) groups is 1. The third-order valence-corrected chi connectivity index (χ3v) is 4.30. The topological polar surface area (TPSA) is 59.6 Å². The van der Waals surface area contributed by atoms with E-state index in [1.54, 1.807) is 18.2 Å². The molecule has 2 aromatic rings. The van der Waals surface area contributed by atoms with Gasteiger partial charge in [-0.25, -0.2) is 0 Å². The first-order valence-electron chi connectivity index (χ1n) is 9.06. The smallest absolute Gasteiger partial charge is 0.257 e. The Hall–Kier alpha value is -2.12. The minimum absolute atomic E-state index is 0.0508. The highest BCUT2D eigenvalue weighted by atomic mass is 79.9. The number of nitrogens with one attached hydrogen (secondary N) is 2. The van der Waals surface area contributed by atoms with Crippen molar-refractivity contribution in [2.45, 2.75) is 33.8 Å². The highest BCUT2D eigenvalue weighted by Crippen LogP contribution is 2.27. The first-order valence-corrected chi connectivity index (χ1v) is 10.3. The molecule has 0 atom stereocenters. The average molecular weight is 465 g/mol. The number of rotatable bonds is 7. The molecule has 28 heavy (non-hydrogen) atoms. The van der Waals surface area contributed by atoms with Gasteiger partial charge < -0.3 is 14.8 Å². The fraction of sp³-hybridized carbons (Fsp3) is 0.333. The van der Waals surface area contributed by atoms with E-state index in [-0.39, 0.29) is 17.1 Å². The quantitative estimate of drug-likeness (QED) is 0.537. The number of anilines is 1. The van der Waals surface area contributed by atoms with Crippen LogP contribution in [0, 0.1) is 5.92 Å². The molecular formula is C21H25BrN2O3S. The molecule has 2 N–H and O–H groups in total. The zero-order valence-corrected chi connectivity index (χ0v) is 18.8. The minimum Gasteiger partial charge on any atom is -0.493 e. The summed E-state index contributed by atoms with van der Waals surface area (Å²) in [5.74, 6) is 1.65. The van der Waals surface area contributed by atoms with Crippen LogP contribution in [-0.2, 0) is 0 Å². The minimum atomic E-state index is -0.300. The van der Waals surface area contributed by atoms with Crippen LogP contribution < -0.4 is 20.1 Å². The van der Waals surface area contributed by atoms with E-state index in [9.17, 15) is 4.79 Å². The van der Waals surface area contributed by atoms with Crippen molar-refractivity contribution in [2.24, 2.45) is 5.92 Å². The van der Waals surface area contributed by atoms with E-state index in [4.69, 9.17) is 21.7 Å². The van der Waals surface area contributed by atoms with Gasteiger partial charge in [0.05, 0.1) is 17.2 Å². The summed E-state index contributed by atoms with van der Waals surface area (Å²) in [4.78, 5) is 12.4. The number of hydrogen-bond acceptors (Lipinski definition) is 4. The highest BCUT2D eigenvalue weighted by Gasteiger charge is 2.12. The van der Waals surface area contributed by atoms with E-state index in [1.165, 1.54) is 0 Å². The van der Waals surface area contributed by atoms with Crippen LogP contribution in [0.25, 0.3) is 0 Å². The Labute approximate surface area is 179 Å². The summed E-state index contributed by atoms with van der Waals surface area (Å²) in [6.07, 6.45) is 0.0508. The number of carbonyl (C=O) groups excluding carboxylic acids is 1. The van der Waals surface area contributed by atoms with Crippen LogP contribution in [-0.4, -0.2) is 23.7 Å². The molecule has 0 bridgehead atoms. The standard InChI is InChI=1S/C21H25BrN2O3S/c1-13(2)12-26-17-8-6-16(7-9-17)23-21(28)24-20(25)15-5-10-19(18(22)11-15)27-14(3)4/h5-11,13-14H,12H2,1-4H3,(H2,23,24,25,28). The van der Waals surface area contributed by atoms with Crippen LogP contribution in [0.5, 0.6) is 11.5 Å². The SMILES string of the molecule is CC(C)COc1ccc(NC(=S)NC(=O)c2ccc(OC(C)C)c(Br)c2)cc1. The molecule has 0 fully saturated rings. The monoisotopic (exact) mass is 464 g/mol. The molecule has 0 heterocycles. The third kappa shape index (κ3) is 7.13. The fourth-order valence-corrected chi connectivity index (χ4v) is 2.91. The maximum atomic E-state index is 12.4. The Kier molecular flexibility index (Phi) is 8.26. The van der Waals surface area contributed by atoms with Crippen LogP contribution in [0.15, 0.2) is 46.9 Å². The summed E-state index contributed by atoms with van der Waals surface area (Å²) in [6.45, 7) is 8.75. The third-order valence-electron chi connectivity index (χ3n) is 3.48. The number of halogens is 1. The lowest BCUT2D eigenvalue weighted by atomic mass is 10.2. The fourth-order valence-electron chi connectivity index (χ4n) is 2.23. The van der Waals surface area contributed by atoms with Gasteiger partial charge in [-0.2, -0.15) is 0 Å². The largest absolute Gasteiger partial charge is 0.493 e. The van der Waals surface area contributed by atoms with Crippen molar-refractivity contribution in [3.05, 3.63) is 52.5 Å². The molecule has 0 saturated heterocycles. The van der Waals surface area contributed by atoms with Gasteiger partial charge in [0.1, 0.15) is 11.5 Å². The second kappa shape index (κ2) is 10.4. The summed E-state index contributed by atoms with van der Waals surface area (Å²) in [5, 5.41) is 5.89. The molecule has 0 aromatic heterocycles. The van der Waals surface area contributed by atoms with Gasteiger partial charge in [0.2, 0.25) is 0 Å². The van der Waals surface area contributed by atoms with Gasteiger partial charge >= 0.3 is 0 Å². The Morgan fingerprint density at radius 2 is 1.79 bits per heavy atom. The predicted octanol–water partition coefficient (Wildman–Crippen LogP) is 5.40. The van der Waals surface area contributed by atoms with Crippen LogP contribution in [0.3, 0.4) is 0 Å². The van der Waals surface area contributed by atoms with Crippen molar-refractivity contribution < 1.29 is 14.3 Å². The van der Waals surface area contributed by atoms with Gasteiger partial charge in [-0.05, 0) is 90.4 Å². The molecule has 5 nitrogen and oxygen atoms in total. The van der Waals surface area contributed by atoms with Crippen molar-refractivity contribution in [1.82, 2.24) is 5.32 Å². The first-order chi connectivity index (χ1) is 13.2. The zero-order chi connectivity index (χ0) is 20.7. The predicted molar refractivity (Wildman–Crippen MR) is 120 cm³/mol. The second-order valence-electron chi connectivity index (χ2n) is 6.95. The Morgan fingerprint density at radius 1 is 1.11 bits per heavy atom. The lowest BCUT2D eigenvalue weighted by Crippen LogP contribution is -2.34. The van der Waals surface area contributed by atoms with Crippen molar-refractivity contribution >= 4 is 44.9 Å². The Bertz CT molecular complexity index is 823. The number of hydrogen-bond donors (Lipinski definition) is 2. The van der Waals surface area contributed by atoms with E-state index < -0.39 is 0 Å². The molecule has 0 aliphatic carbocycles. The van der Waals surface area contributed by atoms with Crippen LogP contribution >= 0.6 is 28.1 Å². The maximum absolute atomic E-state index is 12.4. The second-order valence-corrected chi connectivity index (χ2v) is 8.21. The van der Waals surface area contributed by atoms with E-state index in [1.807, 2.05) is 38.1 Å². The maximum Gasteiger partial charge on any atom is 0.257 e. The van der Waals surface area contributed by atoms with E-state index in [2.05, 4.69) is 40.4 Å². The van der Waals surface area contributed by atoms with Crippen LogP contribution in [0.1, 0.15) is 38.1 Å². The lowest BCUT2D eigenvalue weighted by molar-refractivity contribution is 0.0977. The van der Waals surface area contributed by atoms with Gasteiger partial charge in [0, 0.05) is 11.3 Å². The van der Waals surface area contributed by atoms with Crippen LogP contribution in [0.2, 0.25) is 0 Å².